The van der Waals surface area contributed by atoms with Gasteiger partial charge in [0, 0.05) is 24.1 Å². The van der Waals surface area contributed by atoms with Gasteiger partial charge in [0.05, 0.1) is 12.8 Å². The quantitative estimate of drug-likeness (QED) is 0.908. The summed E-state index contributed by atoms with van der Waals surface area (Å²) in [4.78, 5) is 9.30. The monoisotopic (exact) mass is 285 g/mol. The van der Waals surface area contributed by atoms with Gasteiger partial charge in [-0.05, 0) is 32.9 Å². The van der Waals surface area contributed by atoms with Crippen molar-refractivity contribution in [1.82, 2.24) is 9.97 Å². The van der Waals surface area contributed by atoms with Crippen LogP contribution >= 0.6 is 0 Å². The van der Waals surface area contributed by atoms with Gasteiger partial charge in [0.25, 0.3) is 0 Å². The first-order valence-corrected chi connectivity index (χ1v) is 7.37. The predicted octanol–water partition coefficient (Wildman–Crippen LogP) is 3.76. The fraction of sp³-hybridized carbons (Fsp3) is 0.412. The molecule has 1 aromatic heterocycles. The van der Waals surface area contributed by atoms with Crippen molar-refractivity contribution in [3.05, 3.63) is 35.2 Å². The molecule has 0 aliphatic rings. The Bertz CT molecular complexity index is 638. The number of hydrogen-bond donors (Lipinski definition) is 1. The number of methoxy groups -OCH3 is 1. The van der Waals surface area contributed by atoms with Gasteiger partial charge in [0.1, 0.15) is 17.4 Å². The highest BCUT2D eigenvalue weighted by Crippen LogP contribution is 2.33. The molecule has 0 amide bonds. The minimum Gasteiger partial charge on any atom is -0.496 e. The Labute approximate surface area is 126 Å². The molecule has 0 aliphatic heterocycles. The Kier molecular flexibility index (Phi) is 4.78. The Morgan fingerprint density at radius 3 is 2.52 bits per heavy atom. The van der Waals surface area contributed by atoms with Crippen LogP contribution in [0.4, 0.5) is 5.82 Å². The average Bonchev–Trinajstić information content (AvgIpc) is 2.49. The summed E-state index contributed by atoms with van der Waals surface area (Å²) in [5.74, 6) is 2.59. The number of nitrogens with zero attached hydrogens (tertiary/aromatic N) is 2. The fourth-order valence-electron chi connectivity index (χ4n) is 2.33. The number of hydrogen-bond acceptors (Lipinski definition) is 4. The second kappa shape index (κ2) is 6.57. The molecular formula is C17H23N3O. The molecule has 0 saturated heterocycles. The van der Waals surface area contributed by atoms with Gasteiger partial charge in [-0.1, -0.05) is 18.6 Å². The van der Waals surface area contributed by atoms with Crippen LogP contribution in [0.2, 0.25) is 0 Å². The second-order valence-electron chi connectivity index (χ2n) is 5.05. The number of nitrogens with one attached hydrogen (secondary N) is 1. The largest absolute Gasteiger partial charge is 0.496 e. The average molecular weight is 285 g/mol. The Morgan fingerprint density at radius 2 is 1.90 bits per heavy atom. The van der Waals surface area contributed by atoms with E-state index >= 15 is 0 Å². The fourth-order valence-corrected chi connectivity index (χ4v) is 2.33. The maximum absolute atomic E-state index is 5.50. The van der Waals surface area contributed by atoms with Crippen molar-refractivity contribution in [2.24, 2.45) is 0 Å². The first-order valence-electron chi connectivity index (χ1n) is 7.37. The molecule has 4 heteroatoms. The Balaban J connectivity index is 2.67. The van der Waals surface area contributed by atoms with Crippen LogP contribution in [0.5, 0.6) is 5.75 Å². The van der Waals surface area contributed by atoms with E-state index in [-0.39, 0.29) is 0 Å². The van der Waals surface area contributed by atoms with E-state index in [2.05, 4.69) is 44.1 Å². The molecule has 0 unspecified atom stereocenters. The molecule has 1 N–H and O–H groups in total. The lowest BCUT2D eigenvalue weighted by Crippen LogP contribution is -2.08. The van der Waals surface area contributed by atoms with E-state index in [4.69, 9.17) is 9.72 Å². The Morgan fingerprint density at radius 1 is 1.14 bits per heavy atom. The number of ether oxygens (including phenoxy) is 1. The summed E-state index contributed by atoms with van der Waals surface area (Å²) in [6.45, 7) is 9.10. The predicted molar refractivity (Wildman–Crippen MR) is 87.0 cm³/mol. The lowest BCUT2D eigenvalue weighted by molar-refractivity contribution is 0.416. The molecule has 4 nitrogen and oxygen atoms in total. The molecule has 2 rings (SSSR count). The van der Waals surface area contributed by atoms with Gasteiger partial charge in [-0.15, -0.1) is 0 Å². The maximum Gasteiger partial charge on any atom is 0.133 e. The summed E-state index contributed by atoms with van der Waals surface area (Å²) < 4.78 is 5.50. The third kappa shape index (κ3) is 3.15. The van der Waals surface area contributed by atoms with Crippen molar-refractivity contribution < 1.29 is 4.74 Å². The lowest BCUT2D eigenvalue weighted by Gasteiger charge is -2.15. The number of benzene rings is 1. The van der Waals surface area contributed by atoms with Crippen molar-refractivity contribution >= 4 is 5.82 Å². The van der Waals surface area contributed by atoms with Gasteiger partial charge >= 0.3 is 0 Å². The first-order chi connectivity index (χ1) is 10.1. The lowest BCUT2D eigenvalue weighted by atomic mass is 10.0. The van der Waals surface area contributed by atoms with Crippen molar-refractivity contribution in [1.29, 1.82) is 0 Å². The van der Waals surface area contributed by atoms with Crippen LogP contribution in [0.3, 0.4) is 0 Å². The van der Waals surface area contributed by atoms with Crippen molar-refractivity contribution in [3.8, 4) is 17.0 Å². The normalized spacial score (nSPS) is 10.5. The topological polar surface area (TPSA) is 47.0 Å². The molecule has 0 saturated carbocycles. The van der Waals surface area contributed by atoms with Crippen LogP contribution in [-0.4, -0.2) is 23.6 Å². The molecular weight excluding hydrogens is 262 g/mol. The van der Waals surface area contributed by atoms with Gasteiger partial charge in [0.15, 0.2) is 0 Å². The van der Waals surface area contributed by atoms with Gasteiger partial charge in [-0.25, -0.2) is 9.97 Å². The maximum atomic E-state index is 5.50. The van der Waals surface area contributed by atoms with E-state index in [9.17, 15) is 0 Å². The van der Waals surface area contributed by atoms with E-state index < -0.39 is 0 Å². The summed E-state index contributed by atoms with van der Waals surface area (Å²) in [7, 11) is 1.69. The molecule has 0 aliphatic carbocycles. The molecule has 2 aromatic rings. The molecule has 0 spiro atoms. The summed E-state index contributed by atoms with van der Waals surface area (Å²) in [5.41, 5.74) is 4.20. The zero-order valence-electron chi connectivity index (χ0n) is 13.4. The second-order valence-corrected chi connectivity index (χ2v) is 5.05. The van der Waals surface area contributed by atoms with Crippen LogP contribution in [0.25, 0.3) is 11.3 Å². The minimum atomic E-state index is 0.805. The number of rotatable bonds is 5. The molecule has 0 fully saturated rings. The summed E-state index contributed by atoms with van der Waals surface area (Å²) >= 11 is 0. The molecule has 1 aromatic carbocycles. The van der Waals surface area contributed by atoms with Gasteiger partial charge in [0.2, 0.25) is 0 Å². The SMILES string of the molecule is CCNc1nc(CC)nc(-c2cc(C)ccc2OC)c1C. The van der Waals surface area contributed by atoms with Gasteiger partial charge < -0.3 is 10.1 Å². The highest BCUT2D eigenvalue weighted by atomic mass is 16.5. The van der Waals surface area contributed by atoms with E-state index in [1.165, 1.54) is 5.56 Å². The van der Waals surface area contributed by atoms with Crippen LogP contribution in [-0.2, 0) is 6.42 Å². The summed E-state index contributed by atoms with van der Waals surface area (Å²) in [6, 6.07) is 6.15. The van der Waals surface area contributed by atoms with Crippen molar-refractivity contribution in [2.45, 2.75) is 34.1 Å². The van der Waals surface area contributed by atoms with Crippen LogP contribution < -0.4 is 10.1 Å². The molecule has 112 valence electrons. The van der Waals surface area contributed by atoms with Crippen LogP contribution in [0.1, 0.15) is 30.8 Å². The van der Waals surface area contributed by atoms with Gasteiger partial charge in [-0.3, -0.25) is 0 Å². The molecule has 0 radical (unpaired) electrons. The van der Waals surface area contributed by atoms with Gasteiger partial charge in [-0.2, -0.15) is 0 Å². The Hall–Kier alpha value is -2.10. The summed E-state index contributed by atoms with van der Waals surface area (Å²) in [5, 5.41) is 3.32. The van der Waals surface area contributed by atoms with E-state index in [1.54, 1.807) is 7.11 Å². The number of aromatic nitrogens is 2. The highest BCUT2D eigenvalue weighted by molar-refractivity contribution is 5.74. The summed E-state index contributed by atoms with van der Waals surface area (Å²) in [6.07, 6.45) is 0.805. The zero-order valence-corrected chi connectivity index (χ0v) is 13.4. The molecule has 0 atom stereocenters. The van der Waals surface area contributed by atoms with Crippen LogP contribution in [0, 0.1) is 13.8 Å². The van der Waals surface area contributed by atoms with Crippen molar-refractivity contribution in [3.63, 3.8) is 0 Å². The van der Waals surface area contributed by atoms with E-state index in [0.29, 0.717) is 0 Å². The third-order valence-corrected chi connectivity index (χ3v) is 3.46. The van der Waals surface area contributed by atoms with Crippen LogP contribution in [0.15, 0.2) is 18.2 Å². The highest BCUT2D eigenvalue weighted by Gasteiger charge is 2.15. The molecule has 1 heterocycles. The standard InChI is InChI=1S/C17H23N3O/c1-6-15-19-16(12(4)17(20-15)18-7-2)13-10-11(3)8-9-14(13)21-5/h8-10H,6-7H2,1-5H3,(H,18,19,20). The number of anilines is 1. The molecule has 0 bridgehead atoms. The smallest absolute Gasteiger partial charge is 0.133 e. The third-order valence-electron chi connectivity index (χ3n) is 3.46. The minimum absolute atomic E-state index is 0.805. The van der Waals surface area contributed by atoms with Crippen molar-refractivity contribution in [2.75, 3.05) is 19.0 Å². The van der Waals surface area contributed by atoms with E-state index in [1.807, 2.05) is 12.1 Å². The first kappa shape index (κ1) is 15.3. The zero-order chi connectivity index (χ0) is 15.4. The molecule has 21 heavy (non-hydrogen) atoms. The van der Waals surface area contributed by atoms with E-state index in [0.717, 1.165) is 47.2 Å². The number of aryl methyl sites for hydroxylation is 2.